The number of methoxy groups -OCH3 is 1. The fraction of sp³-hybridized carbons (Fsp3) is 0.300. The molecule has 2 aromatic carbocycles. The van der Waals surface area contributed by atoms with Gasteiger partial charge in [-0.25, -0.2) is 0 Å². The van der Waals surface area contributed by atoms with Crippen molar-refractivity contribution in [3.63, 3.8) is 0 Å². The lowest BCUT2D eigenvalue weighted by atomic mass is 10.1. The van der Waals surface area contributed by atoms with Gasteiger partial charge in [-0.3, -0.25) is 4.90 Å². The van der Waals surface area contributed by atoms with E-state index in [1.807, 2.05) is 24.3 Å². The summed E-state index contributed by atoms with van der Waals surface area (Å²) in [5.74, 6) is 2.44. The Morgan fingerprint density at radius 3 is 2.88 bits per heavy atom. The fourth-order valence-electron chi connectivity index (χ4n) is 3.30. The third-order valence-corrected chi connectivity index (χ3v) is 4.64. The van der Waals surface area contributed by atoms with Gasteiger partial charge in [0.25, 0.3) is 0 Å². The number of likely N-dealkylation sites (tertiary alicyclic amines) is 1. The zero-order chi connectivity index (χ0) is 17.1. The predicted molar refractivity (Wildman–Crippen MR) is 95.4 cm³/mol. The molecule has 0 N–H and O–H groups in total. The molecule has 25 heavy (non-hydrogen) atoms. The molecule has 1 aliphatic heterocycles. The van der Waals surface area contributed by atoms with Gasteiger partial charge in [-0.05, 0) is 30.7 Å². The Kier molecular flexibility index (Phi) is 4.48. The SMILES string of the molecule is COc1cccc(-c2noc([C@H]3CCN(Cc4ccccc4)C3)n2)c1. The van der Waals surface area contributed by atoms with Crippen LogP contribution in [-0.2, 0) is 6.54 Å². The lowest BCUT2D eigenvalue weighted by molar-refractivity contribution is 0.309. The topological polar surface area (TPSA) is 51.4 Å². The van der Waals surface area contributed by atoms with Gasteiger partial charge in [0.1, 0.15) is 5.75 Å². The highest BCUT2D eigenvalue weighted by Crippen LogP contribution is 2.29. The first-order valence-corrected chi connectivity index (χ1v) is 8.56. The van der Waals surface area contributed by atoms with E-state index in [-0.39, 0.29) is 0 Å². The molecule has 5 heteroatoms. The molecule has 2 heterocycles. The van der Waals surface area contributed by atoms with Crippen molar-refractivity contribution in [1.29, 1.82) is 0 Å². The van der Waals surface area contributed by atoms with Crippen LogP contribution in [0.3, 0.4) is 0 Å². The largest absolute Gasteiger partial charge is 0.497 e. The summed E-state index contributed by atoms with van der Waals surface area (Å²) in [5, 5.41) is 4.16. The molecule has 0 saturated carbocycles. The highest BCUT2D eigenvalue weighted by Gasteiger charge is 2.28. The van der Waals surface area contributed by atoms with Crippen LogP contribution < -0.4 is 4.74 Å². The van der Waals surface area contributed by atoms with Crippen molar-refractivity contribution >= 4 is 0 Å². The summed E-state index contributed by atoms with van der Waals surface area (Å²) in [7, 11) is 1.65. The highest BCUT2D eigenvalue weighted by molar-refractivity contribution is 5.56. The molecule has 0 unspecified atom stereocenters. The summed E-state index contributed by atoms with van der Waals surface area (Å²) in [5.41, 5.74) is 2.25. The summed E-state index contributed by atoms with van der Waals surface area (Å²) in [6.45, 7) is 2.97. The molecule has 0 amide bonds. The molecule has 1 saturated heterocycles. The standard InChI is InChI=1S/C20H21N3O2/c1-24-18-9-5-8-16(12-18)19-21-20(25-22-19)17-10-11-23(14-17)13-15-6-3-2-4-7-15/h2-9,12,17H,10-11,13-14H2,1H3/t17-/m0/s1. The van der Waals surface area contributed by atoms with E-state index in [2.05, 4.69) is 45.4 Å². The molecule has 4 rings (SSSR count). The van der Waals surface area contributed by atoms with Crippen LogP contribution in [-0.4, -0.2) is 35.2 Å². The molecule has 5 nitrogen and oxygen atoms in total. The minimum absolute atomic E-state index is 0.301. The quantitative estimate of drug-likeness (QED) is 0.711. The zero-order valence-electron chi connectivity index (χ0n) is 14.3. The van der Waals surface area contributed by atoms with Crippen LogP contribution >= 0.6 is 0 Å². The third kappa shape index (κ3) is 3.56. The van der Waals surface area contributed by atoms with Gasteiger partial charge in [0.05, 0.1) is 13.0 Å². The second-order valence-electron chi connectivity index (χ2n) is 6.39. The second kappa shape index (κ2) is 7.07. The van der Waals surface area contributed by atoms with E-state index in [9.17, 15) is 0 Å². The van der Waals surface area contributed by atoms with Crippen molar-refractivity contribution in [1.82, 2.24) is 15.0 Å². The van der Waals surface area contributed by atoms with Gasteiger partial charge < -0.3 is 9.26 Å². The first-order chi connectivity index (χ1) is 12.3. The van der Waals surface area contributed by atoms with E-state index >= 15 is 0 Å². The number of hydrogen-bond donors (Lipinski definition) is 0. The maximum atomic E-state index is 5.55. The molecule has 0 bridgehead atoms. The van der Waals surface area contributed by atoms with Crippen LogP contribution in [0.2, 0.25) is 0 Å². The summed E-state index contributed by atoms with van der Waals surface area (Å²) in [6.07, 6.45) is 1.05. The lowest BCUT2D eigenvalue weighted by Crippen LogP contribution is -2.19. The molecule has 3 aromatic rings. The van der Waals surface area contributed by atoms with Crippen molar-refractivity contribution in [2.24, 2.45) is 0 Å². The van der Waals surface area contributed by atoms with Crippen molar-refractivity contribution in [2.45, 2.75) is 18.9 Å². The summed E-state index contributed by atoms with van der Waals surface area (Å²) < 4.78 is 10.8. The lowest BCUT2D eigenvalue weighted by Gasteiger charge is -2.14. The maximum Gasteiger partial charge on any atom is 0.231 e. The van der Waals surface area contributed by atoms with Crippen molar-refractivity contribution in [3.05, 3.63) is 66.1 Å². The van der Waals surface area contributed by atoms with Crippen LogP contribution in [0.1, 0.15) is 23.8 Å². The van der Waals surface area contributed by atoms with Crippen molar-refractivity contribution in [2.75, 3.05) is 20.2 Å². The Labute approximate surface area is 147 Å². The molecule has 0 radical (unpaired) electrons. The number of rotatable bonds is 5. The number of benzene rings is 2. The minimum atomic E-state index is 0.301. The number of nitrogens with zero attached hydrogens (tertiary/aromatic N) is 3. The Hall–Kier alpha value is -2.66. The van der Waals surface area contributed by atoms with E-state index in [1.54, 1.807) is 7.11 Å². The fourth-order valence-corrected chi connectivity index (χ4v) is 3.30. The van der Waals surface area contributed by atoms with Gasteiger partial charge in [-0.1, -0.05) is 47.6 Å². The van der Waals surface area contributed by atoms with E-state index in [1.165, 1.54) is 5.56 Å². The zero-order valence-corrected chi connectivity index (χ0v) is 14.3. The van der Waals surface area contributed by atoms with Crippen LogP contribution in [0.15, 0.2) is 59.1 Å². The van der Waals surface area contributed by atoms with Gasteiger partial charge >= 0.3 is 0 Å². The maximum absolute atomic E-state index is 5.55. The Balaban J connectivity index is 1.44. The number of ether oxygens (including phenoxy) is 1. The van der Waals surface area contributed by atoms with E-state index < -0.39 is 0 Å². The first kappa shape index (κ1) is 15.8. The highest BCUT2D eigenvalue weighted by atomic mass is 16.5. The predicted octanol–water partition coefficient (Wildman–Crippen LogP) is 3.73. The Bertz CT molecular complexity index is 832. The van der Waals surface area contributed by atoms with Crippen LogP contribution in [0, 0.1) is 0 Å². The molecule has 1 fully saturated rings. The summed E-state index contributed by atoms with van der Waals surface area (Å²) in [4.78, 5) is 7.06. The Morgan fingerprint density at radius 1 is 1.16 bits per heavy atom. The van der Waals surface area contributed by atoms with E-state index in [0.717, 1.165) is 43.3 Å². The number of aromatic nitrogens is 2. The van der Waals surface area contributed by atoms with E-state index in [4.69, 9.17) is 9.26 Å². The molecule has 128 valence electrons. The molecule has 0 spiro atoms. The molecular weight excluding hydrogens is 314 g/mol. The number of hydrogen-bond acceptors (Lipinski definition) is 5. The molecule has 1 aliphatic rings. The van der Waals surface area contributed by atoms with Crippen LogP contribution in [0.4, 0.5) is 0 Å². The monoisotopic (exact) mass is 335 g/mol. The van der Waals surface area contributed by atoms with Crippen molar-refractivity contribution in [3.8, 4) is 17.1 Å². The smallest absolute Gasteiger partial charge is 0.231 e. The molecule has 1 atom stereocenters. The summed E-state index contributed by atoms with van der Waals surface area (Å²) >= 11 is 0. The third-order valence-electron chi connectivity index (χ3n) is 4.64. The second-order valence-corrected chi connectivity index (χ2v) is 6.39. The first-order valence-electron chi connectivity index (χ1n) is 8.56. The Morgan fingerprint density at radius 2 is 2.04 bits per heavy atom. The normalized spacial score (nSPS) is 17.7. The molecular formula is C20H21N3O2. The van der Waals surface area contributed by atoms with Gasteiger partial charge in [0.2, 0.25) is 11.7 Å². The van der Waals surface area contributed by atoms with Crippen molar-refractivity contribution < 1.29 is 9.26 Å². The van der Waals surface area contributed by atoms with Gasteiger partial charge in [-0.2, -0.15) is 4.98 Å². The van der Waals surface area contributed by atoms with Gasteiger partial charge in [0, 0.05) is 18.7 Å². The average molecular weight is 335 g/mol. The van der Waals surface area contributed by atoms with E-state index in [0.29, 0.717) is 11.7 Å². The van der Waals surface area contributed by atoms with Crippen LogP contribution in [0.5, 0.6) is 5.75 Å². The van der Waals surface area contributed by atoms with Crippen LogP contribution in [0.25, 0.3) is 11.4 Å². The molecule has 1 aromatic heterocycles. The van der Waals surface area contributed by atoms with Gasteiger partial charge in [0.15, 0.2) is 0 Å². The summed E-state index contributed by atoms with van der Waals surface area (Å²) in [6, 6.07) is 18.3. The molecule has 0 aliphatic carbocycles. The van der Waals surface area contributed by atoms with Gasteiger partial charge in [-0.15, -0.1) is 0 Å². The minimum Gasteiger partial charge on any atom is -0.497 e. The average Bonchev–Trinajstić information content (AvgIpc) is 3.32.